The minimum Gasteiger partial charge on any atom is -0.415 e. The highest BCUT2D eigenvalue weighted by Gasteiger charge is 2.52. The molecule has 0 aliphatic heterocycles. The lowest BCUT2D eigenvalue weighted by molar-refractivity contribution is -0.127. The molecule has 30 heavy (non-hydrogen) atoms. The summed E-state index contributed by atoms with van der Waals surface area (Å²) in [6.07, 6.45) is 1.81. The Labute approximate surface area is 175 Å². The number of carbonyl (C=O) groups is 1. The van der Waals surface area contributed by atoms with Gasteiger partial charge in [0.15, 0.2) is 0 Å². The van der Waals surface area contributed by atoms with Crippen LogP contribution in [0.2, 0.25) is 0 Å². The molecule has 7 heteroatoms. The number of amides is 1. The van der Waals surface area contributed by atoms with Gasteiger partial charge in [-0.1, -0.05) is 38.1 Å². The second kappa shape index (κ2) is 9.08. The topological polar surface area (TPSA) is 71.5 Å². The van der Waals surface area contributed by atoms with Crippen molar-refractivity contribution in [1.82, 2.24) is 4.98 Å². The Kier molecular flexibility index (Phi) is 6.71. The van der Waals surface area contributed by atoms with E-state index in [9.17, 15) is 18.7 Å². The standard InChI is InChI=1S/C23H28F2N2O3/c1-14(2)17-6-4-5-7-18(17)23(12-16(13-23)10-11-28)21(29)27-19-9-8-15(3)26-20(19)30-22(24)25/h4-9,14,16,22,28H,10-13H2,1-3H3,(H,27,29). The summed E-state index contributed by atoms with van der Waals surface area (Å²) < 4.78 is 30.2. The molecule has 1 aliphatic rings. The monoisotopic (exact) mass is 418 g/mol. The van der Waals surface area contributed by atoms with Crippen LogP contribution in [0.3, 0.4) is 0 Å². The number of aliphatic hydroxyl groups excluding tert-OH is 1. The van der Waals surface area contributed by atoms with Gasteiger partial charge >= 0.3 is 6.61 Å². The lowest BCUT2D eigenvalue weighted by Gasteiger charge is -2.48. The molecule has 2 aromatic rings. The molecule has 1 heterocycles. The van der Waals surface area contributed by atoms with Gasteiger partial charge < -0.3 is 15.2 Å². The summed E-state index contributed by atoms with van der Waals surface area (Å²) in [7, 11) is 0. The number of benzene rings is 1. The number of hydrogen-bond donors (Lipinski definition) is 2. The van der Waals surface area contributed by atoms with Gasteiger partial charge in [0.25, 0.3) is 0 Å². The summed E-state index contributed by atoms with van der Waals surface area (Å²) in [5, 5.41) is 12.1. The Balaban J connectivity index is 1.96. The SMILES string of the molecule is Cc1ccc(NC(=O)C2(c3ccccc3C(C)C)CC(CCO)C2)c(OC(F)F)n1. The van der Waals surface area contributed by atoms with E-state index < -0.39 is 12.0 Å². The van der Waals surface area contributed by atoms with Crippen molar-refractivity contribution in [3.05, 3.63) is 53.2 Å². The number of rotatable bonds is 8. The summed E-state index contributed by atoms with van der Waals surface area (Å²) in [6.45, 7) is 2.85. The third kappa shape index (κ3) is 4.46. The fourth-order valence-corrected chi connectivity index (χ4v) is 4.32. The van der Waals surface area contributed by atoms with Gasteiger partial charge in [0.05, 0.1) is 5.41 Å². The van der Waals surface area contributed by atoms with E-state index in [-0.39, 0.29) is 35.9 Å². The number of hydrogen-bond acceptors (Lipinski definition) is 4. The van der Waals surface area contributed by atoms with E-state index in [2.05, 4.69) is 28.9 Å². The fraction of sp³-hybridized carbons (Fsp3) is 0.478. The average molecular weight is 418 g/mol. The number of nitrogens with zero attached hydrogens (tertiary/aromatic N) is 1. The molecule has 0 unspecified atom stereocenters. The molecule has 1 amide bonds. The fourth-order valence-electron chi connectivity index (χ4n) is 4.32. The van der Waals surface area contributed by atoms with Crippen LogP contribution >= 0.6 is 0 Å². The summed E-state index contributed by atoms with van der Waals surface area (Å²) >= 11 is 0. The number of halogens is 2. The predicted octanol–water partition coefficient (Wildman–Crippen LogP) is 4.78. The summed E-state index contributed by atoms with van der Waals surface area (Å²) in [5.41, 5.74) is 1.88. The van der Waals surface area contributed by atoms with E-state index in [0.29, 0.717) is 25.0 Å². The van der Waals surface area contributed by atoms with Crippen molar-refractivity contribution < 1.29 is 23.4 Å². The first-order chi connectivity index (χ1) is 14.3. The highest BCUT2D eigenvalue weighted by atomic mass is 19.3. The average Bonchev–Trinajstić information content (AvgIpc) is 2.66. The van der Waals surface area contributed by atoms with Crippen LogP contribution in [0.15, 0.2) is 36.4 Å². The van der Waals surface area contributed by atoms with Gasteiger partial charge in [0.1, 0.15) is 5.69 Å². The van der Waals surface area contributed by atoms with Gasteiger partial charge in [-0.25, -0.2) is 4.98 Å². The van der Waals surface area contributed by atoms with Crippen LogP contribution in [0, 0.1) is 12.8 Å². The smallest absolute Gasteiger partial charge is 0.388 e. The number of ether oxygens (including phenoxy) is 1. The van der Waals surface area contributed by atoms with E-state index in [1.807, 2.05) is 24.3 Å². The normalized spacial score (nSPS) is 20.9. The molecule has 1 saturated carbocycles. The molecule has 0 atom stereocenters. The Bertz CT molecular complexity index is 896. The second-order valence-electron chi connectivity index (χ2n) is 8.25. The van der Waals surface area contributed by atoms with E-state index in [4.69, 9.17) is 0 Å². The molecule has 1 aromatic heterocycles. The Hall–Kier alpha value is -2.54. The Morgan fingerprint density at radius 2 is 1.97 bits per heavy atom. The first-order valence-electron chi connectivity index (χ1n) is 10.2. The van der Waals surface area contributed by atoms with Crippen molar-refractivity contribution in [3.8, 4) is 5.88 Å². The van der Waals surface area contributed by atoms with Crippen LogP contribution in [0.1, 0.15) is 55.8 Å². The van der Waals surface area contributed by atoms with Gasteiger partial charge in [-0.3, -0.25) is 4.79 Å². The molecule has 162 valence electrons. The van der Waals surface area contributed by atoms with Crippen LogP contribution in [-0.4, -0.2) is 29.2 Å². The number of nitrogens with one attached hydrogen (secondary N) is 1. The van der Waals surface area contributed by atoms with Gasteiger partial charge in [-0.15, -0.1) is 0 Å². The van der Waals surface area contributed by atoms with Crippen molar-refractivity contribution in [2.24, 2.45) is 5.92 Å². The number of alkyl halides is 2. The maximum atomic E-state index is 13.5. The predicted molar refractivity (Wildman–Crippen MR) is 111 cm³/mol. The zero-order chi connectivity index (χ0) is 21.9. The molecule has 2 N–H and O–H groups in total. The molecule has 0 spiro atoms. The minimum absolute atomic E-state index is 0.0719. The van der Waals surface area contributed by atoms with Crippen LogP contribution in [0.4, 0.5) is 14.5 Å². The number of aromatic nitrogens is 1. The van der Waals surface area contributed by atoms with E-state index >= 15 is 0 Å². The Morgan fingerprint density at radius 3 is 2.60 bits per heavy atom. The van der Waals surface area contributed by atoms with Crippen LogP contribution < -0.4 is 10.1 Å². The van der Waals surface area contributed by atoms with Gasteiger partial charge in [0.2, 0.25) is 11.8 Å². The lowest BCUT2D eigenvalue weighted by Crippen LogP contribution is -2.51. The largest absolute Gasteiger partial charge is 0.415 e. The molecule has 0 saturated heterocycles. The highest BCUT2D eigenvalue weighted by molar-refractivity contribution is 6.01. The highest BCUT2D eigenvalue weighted by Crippen LogP contribution is 2.51. The molecular weight excluding hydrogens is 390 g/mol. The number of aryl methyl sites for hydroxylation is 1. The van der Waals surface area contributed by atoms with Crippen molar-refractivity contribution >= 4 is 11.6 Å². The maximum Gasteiger partial charge on any atom is 0.388 e. The lowest BCUT2D eigenvalue weighted by atomic mass is 9.56. The molecule has 0 radical (unpaired) electrons. The number of carbonyl (C=O) groups excluding carboxylic acids is 1. The van der Waals surface area contributed by atoms with E-state index in [1.54, 1.807) is 13.0 Å². The minimum atomic E-state index is -3.04. The molecule has 1 fully saturated rings. The first-order valence-corrected chi connectivity index (χ1v) is 10.2. The van der Waals surface area contributed by atoms with Gasteiger partial charge in [-0.05, 0) is 61.3 Å². The maximum absolute atomic E-state index is 13.5. The number of aliphatic hydroxyl groups is 1. The number of anilines is 1. The molecule has 1 aliphatic carbocycles. The van der Waals surface area contributed by atoms with Gasteiger partial charge in [0, 0.05) is 12.3 Å². The third-order valence-electron chi connectivity index (χ3n) is 5.79. The summed E-state index contributed by atoms with van der Waals surface area (Å²) in [4.78, 5) is 17.5. The van der Waals surface area contributed by atoms with Crippen LogP contribution in [0.5, 0.6) is 5.88 Å². The summed E-state index contributed by atoms with van der Waals surface area (Å²) in [5.74, 6) is -0.109. The van der Waals surface area contributed by atoms with Crippen LogP contribution in [-0.2, 0) is 10.2 Å². The van der Waals surface area contributed by atoms with Crippen molar-refractivity contribution in [3.63, 3.8) is 0 Å². The van der Waals surface area contributed by atoms with E-state index in [1.165, 1.54) is 6.07 Å². The molecule has 1 aromatic carbocycles. The van der Waals surface area contributed by atoms with E-state index in [0.717, 1.165) is 11.1 Å². The third-order valence-corrected chi connectivity index (χ3v) is 5.79. The quantitative estimate of drug-likeness (QED) is 0.647. The molecule has 3 rings (SSSR count). The zero-order valence-electron chi connectivity index (χ0n) is 17.5. The van der Waals surface area contributed by atoms with Crippen molar-refractivity contribution in [1.29, 1.82) is 0 Å². The summed E-state index contributed by atoms with van der Waals surface area (Å²) in [6, 6.07) is 11.0. The van der Waals surface area contributed by atoms with Crippen molar-refractivity contribution in [2.45, 2.75) is 58.0 Å². The van der Waals surface area contributed by atoms with Crippen LogP contribution in [0.25, 0.3) is 0 Å². The first kappa shape index (κ1) is 22.2. The van der Waals surface area contributed by atoms with Crippen molar-refractivity contribution in [2.75, 3.05) is 11.9 Å². The Morgan fingerprint density at radius 1 is 1.27 bits per heavy atom. The molecule has 0 bridgehead atoms. The number of pyridine rings is 1. The molecular formula is C23H28F2N2O3. The second-order valence-corrected chi connectivity index (χ2v) is 8.25. The van der Waals surface area contributed by atoms with Gasteiger partial charge in [-0.2, -0.15) is 8.78 Å². The zero-order valence-corrected chi connectivity index (χ0v) is 17.5. The molecule has 5 nitrogen and oxygen atoms in total.